The molecule has 0 bridgehead atoms. The third kappa shape index (κ3) is 8.10. The van der Waals surface area contributed by atoms with E-state index in [9.17, 15) is 34.1 Å². The third-order valence-electron chi connectivity index (χ3n) is 5.44. The molecule has 1 aromatic rings. The van der Waals surface area contributed by atoms with Gasteiger partial charge in [-0.25, -0.2) is 0 Å². The zero-order valence-electron chi connectivity index (χ0n) is 20.9. The fourth-order valence-corrected chi connectivity index (χ4v) is 4.23. The first-order valence-electron chi connectivity index (χ1n) is 11.3. The van der Waals surface area contributed by atoms with Crippen molar-refractivity contribution in [3.63, 3.8) is 0 Å². The van der Waals surface area contributed by atoms with Gasteiger partial charge in [0.15, 0.2) is 24.4 Å². The van der Waals surface area contributed by atoms with Gasteiger partial charge in [0.2, 0.25) is 0 Å². The van der Waals surface area contributed by atoms with Gasteiger partial charge in [0, 0.05) is 39.0 Å². The Bertz CT molecular complexity index is 1000. The van der Waals surface area contributed by atoms with Crippen LogP contribution in [0.3, 0.4) is 0 Å². The van der Waals surface area contributed by atoms with Gasteiger partial charge in [-0.3, -0.25) is 34.1 Å². The molecule has 0 aromatic carbocycles. The van der Waals surface area contributed by atoms with Crippen molar-refractivity contribution >= 4 is 29.7 Å². The Kier molecular flexibility index (Phi) is 10.3. The molecule has 0 aliphatic carbocycles. The van der Waals surface area contributed by atoms with Crippen LogP contribution in [0.25, 0.3) is 0 Å². The van der Waals surface area contributed by atoms with Crippen molar-refractivity contribution in [1.82, 2.24) is 0 Å². The van der Waals surface area contributed by atoms with Gasteiger partial charge in [0.25, 0.3) is 6.04 Å². The Morgan fingerprint density at radius 3 is 1.95 bits per heavy atom. The van der Waals surface area contributed by atoms with Crippen LogP contribution in [0.15, 0.2) is 22.8 Å². The van der Waals surface area contributed by atoms with E-state index in [1.54, 1.807) is 0 Å². The highest BCUT2D eigenvalue weighted by molar-refractivity contribution is 5.76. The lowest BCUT2D eigenvalue weighted by Crippen LogP contribution is -2.66. The number of rotatable bonds is 11. The lowest BCUT2D eigenvalue weighted by atomic mass is 9.82. The van der Waals surface area contributed by atoms with Gasteiger partial charge in [-0.2, -0.15) is 0 Å². The van der Waals surface area contributed by atoms with E-state index in [4.69, 9.17) is 28.1 Å². The maximum absolute atomic E-state index is 12.5. The highest BCUT2D eigenvalue weighted by Gasteiger charge is 2.59. The van der Waals surface area contributed by atoms with E-state index >= 15 is 0 Å². The molecule has 7 atom stereocenters. The molecule has 204 valence electrons. The highest BCUT2D eigenvalue weighted by Crippen LogP contribution is 2.37. The fraction of sp³-hybridized carbons (Fsp3) is 0.609. The molecule has 1 aliphatic rings. The molecule has 0 saturated carbocycles. The lowest BCUT2D eigenvalue weighted by Gasteiger charge is -2.45. The molecule has 1 aromatic heterocycles. The second kappa shape index (κ2) is 12.9. The monoisotopic (exact) mass is 527 g/mol. The number of ketones is 1. The van der Waals surface area contributed by atoms with Crippen LogP contribution < -0.4 is 0 Å². The van der Waals surface area contributed by atoms with E-state index in [0.29, 0.717) is 0 Å². The van der Waals surface area contributed by atoms with Crippen LogP contribution in [0.5, 0.6) is 0 Å². The van der Waals surface area contributed by atoms with Gasteiger partial charge in [-0.1, -0.05) is 0 Å². The largest absolute Gasteiger partial charge is 0.469 e. The molecule has 0 spiro atoms. The van der Waals surface area contributed by atoms with E-state index in [1.165, 1.54) is 25.3 Å². The molecule has 7 unspecified atom stereocenters. The van der Waals surface area contributed by atoms with Crippen molar-refractivity contribution in [3.05, 3.63) is 34.3 Å². The summed E-state index contributed by atoms with van der Waals surface area (Å²) in [5.41, 5.74) is 0. The van der Waals surface area contributed by atoms with Crippen molar-refractivity contribution in [2.75, 3.05) is 6.61 Å². The smallest absolute Gasteiger partial charge is 0.303 e. The van der Waals surface area contributed by atoms with Crippen LogP contribution in [0.1, 0.15) is 52.7 Å². The molecular weight excluding hydrogens is 498 g/mol. The summed E-state index contributed by atoms with van der Waals surface area (Å²) in [5, 5.41) is 12.5. The Morgan fingerprint density at radius 2 is 1.49 bits per heavy atom. The van der Waals surface area contributed by atoms with Crippen LogP contribution in [0.4, 0.5) is 0 Å². The van der Waals surface area contributed by atoms with Crippen LogP contribution in [0.2, 0.25) is 0 Å². The van der Waals surface area contributed by atoms with Crippen LogP contribution in [-0.4, -0.2) is 77.8 Å². The summed E-state index contributed by atoms with van der Waals surface area (Å²) < 4.78 is 32.3. The number of hydrogen-bond acceptors (Lipinski definition) is 13. The van der Waals surface area contributed by atoms with Crippen molar-refractivity contribution in [3.8, 4) is 0 Å². The Balaban J connectivity index is 2.69. The average Bonchev–Trinajstić information content (AvgIpc) is 3.29. The van der Waals surface area contributed by atoms with E-state index in [0.717, 1.165) is 27.7 Å². The zero-order valence-corrected chi connectivity index (χ0v) is 20.9. The number of carbonyl (C=O) groups excluding carboxylic acids is 5. The van der Waals surface area contributed by atoms with Gasteiger partial charge >= 0.3 is 23.9 Å². The summed E-state index contributed by atoms with van der Waals surface area (Å²) in [7, 11) is 0. The summed E-state index contributed by atoms with van der Waals surface area (Å²) in [6, 6.07) is 1.14. The summed E-state index contributed by atoms with van der Waals surface area (Å²) in [4.78, 5) is 71.2. The lowest BCUT2D eigenvalue weighted by molar-refractivity contribution is -0.547. The normalized spacial score (nSPS) is 24.7. The molecular formula is C23H29NO13. The van der Waals surface area contributed by atoms with Gasteiger partial charge in [-0.05, 0) is 19.1 Å². The topological polar surface area (TPSA) is 188 Å². The third-order valence-corrected chi connectivity index (χ3v) is 5.44. The van der Waals surface area contributed by atoms with E-state index in [-0.39, 0.29) is 12.2 Å². The minimum atomic E-state index is -1.78. The van der Waals surface area contributed by atoms with Crippen LogP contribution >= 0.6 is 0 Å². The molecule has 2 rings (SSSR count). The summed E-state index contributed by atoms with van der Waals surface area (Å²) in [6.45, 7) is 4.91. The second-order valence-corrected chi connectivity index (χ2v) is 8.47. The van der Waals surface area contributed by atoms with Gasteiger partial charge < -0.3 is 28.1 Å². The Labute approximate surface area is 211 Å². The number of carbonyl (C=O) groups is 5. The molecule has 1 aliphatic heterocycles. The quantitative estimate of drug-likeness (QED) is 0.172. The molecule has 14 nitrogen and oxygen atoms in total. The average molecular weight is 527 g/mol. The fourth-order valence-electron chi connectivity index (χ4n) is 4.23. The van der Waals surface area contributed by atoms with Crippen molar-refractivity contribution in [2.45, 2.75) is 83.5 Å². The van der Waals surface area contributed by atoms with Crippen molar-refractivity contribution in [2.24, 2.45) is 0 Å². The second-order valence-electron chi connectivity index (χ2n) is 8.47. The number of ether oxygens (including phenoxy) is 5. The van der Waals surface area contributed by atoms with E-state index in [2.05, 4.69) is 0 Å². The number of nitro groups is 1. The summed E-state index contributed by atoms with van der Waals surface area (Å²) in [6.07, 6.45) is -6.81. The molecule has 0 N–H and O–H groups in total. The minimum absolute atomic E-state index is 0.0877. The molecule has 1 saturated heterocycles. The first-order valence-corrected chi connectivity index (χ1v) is 11.3. The number of furan rings is 1. The predicted octanol–water partition coefficient (Wildman–Crippen LogP) is 1.11. The summed E-state index contributed by atoms with van der Waals surface area (Å²) >= 11 is 0. The van der Waals surface area contributed by atoms with Crippen molar-refractivity contribution < 1.29 is 57.0 Å². The van der Waals surface area contributed by atoms with Gasteiger partial charge in [-0.15, -0.1) is 0 Å². The standard InChI is InChI=1S/C23H29NO13/c1-11(25)9-16(17-7-6-8-32-17)19(24(30)31)21-23(36-15(5)29)22(35-14(4)28)20(34-13(3)27)18(37-21)10-33-12(2)26/h6-8,16,18-23H,9-10H2,1-5H3. The highest BCUT2D eigenvalue weighted by atomic mass is 16.7. The maximum Gasteiger partial charge on any atom is 0.303 e. The number of esters is 4. The maximum atomic E-state index is 12.5. The van der Waals surface area contributed by atoms with E-state index in [1.807, 2.05) is 0 Å². The predicted molar refractivity (Wildman–Crippen MR) is 119 cm³/mol. The Hall–Kier alpha value is -3.81. The molecule has 2 heterocycles. The number of nitrogens with zero attached hydrogens (tertiary/aromatic N) is 1. The van der Waals surface area contributed by atoms with Crippen molar-refractivity contribution in [1.29, 1.82) is 0 Å². The Morgan fingerprint density at radius 1 is 0.919 bits per heavy atom. The van der Waals surface area contributed by atoms with E-state index < -0.39 is 83.7 Å². The van der Waals surface area contributed by atoms with Gasteiger partial charge in [0.05, 0.1) is 12.2 Å². The van der Waals surface area contributed by atoms with Crippen LogP contribution in [-0.2, 0) is 47.7 Å². The SMILES string of the molecule is CC(=O)CC(c1ccco1)C(C1OC(COC(C)=O)C(OC(C)=O)C(OC(C)=O)C1OC(C)=O)[N+](=O)[O-]. The molecule has 14 heteroatoms. The molecule has 1 fully saturated rings. The number of Topliss-reactive ketones (excluding diaryl/α,β-unsaturated/α-hetero) is 1. The molecule has 0 amide bonds. The van der Waals surface area contributed by atoms with Crippen LogP contribution in [0, 0.1) is 10.1 Å². The number of hydrogen-bond donors (Lipinski definition) is 0. The first-order chi connectivity index (χ1) is 17.3. The molecule has 0 radical (unpaired) electrons. The zero-order chi connectivity index (χ0) is 27.9. The minimum Gasteiger partial charge on any atom is -0.469 e. The first kappa shape index (κ1) is 29.4. The summed E-state index contributed by atoms with van der Waals surface area (Å²) in [5.74, 6) is -4.86. The molecule has 37 heavy (non-hydrogen) atoms. The van der Waals surface area contributed by atoms with Gasteiger partial charge in [0.1, 0.15) is 24.3 Å².